The van der Waals surface area contributed by atoms with E-state index in [-0.39, 0.29) is 36.8 Å². The van der Waals surface area contributed by atoms with Gasteiger partial charge in [0.15, 0.2) is 0 Å². The van der Waals surface area contributed by atoms with E-state index < -0.39 is 0 Å². The number of likely N-dealkylation sites (N-methyl/N-ethyl adjacent to an activating group) is 1. The zero-order valence-electron chi connectivity index (χ0n) is 16.8. The van der Waals surface area contributed by atoms with Gasteiger partial charge in [0.05, 0.1) is 0 Å². The maximum atomic E-state index is 12.1. The molecule has 1 aromatic rings. The first kappa shape index (κ1) is 26.1. The number of rotatable bonds is 8. The van der Waals surface area contributed by atoms with Gasteiger partial charge in [0.2, 0.25) is 5.91 Å². The molecule has 27 heavy (non-hydrogen) atoms. The molecule has 3 N–H and O–H groups in total. The van der Waals surface area contributed by atoms with Crippen LogP contribution in [0.2, 0.25) is 0 Å². The number of nitrogens with zero attached hydrogens (tertiary/aromatic N) is 2. The Hall–Kier alpha value is -0.850. The van der Waals surface area contributed by atoms with E-state index in [0.29, 0.717) is 18.9 Å². The molecule has 0 aromatic heterocycles. The van der Waals surface area contributed by atoms with Crippen molar-refractivity contribution in [1.82, 2.24) is 15.1 Å². The zero-order valence-corrected chi connectivity index (χ0v) is 18.5. The number of hydrogen-bond acceptors (Lipinski definition) is 4. The van der Waals surface area contributed by atoms with Crippen LogP contribution < -0.4 is 11.1 Å². The van der Waals surface area contributed by atoms with Crippen LogP contribution in [0.4, 0.5) is 0 Å². The summed E-state index contributed by atoms with van der Waals surface area (Å²) in [5.41, 5.74) is 8.59. The van der Waals surface area contributed by atoms with E-state index in [0.717, 1.165) is 44.8 Å². The molecule has 1 amide bonds. The Morgan fingerprint density at radius 1 is 1.04 bits per heavy atom. The third-order valence-electron chi connectivity index (χ3n) is 5.12. The lowest BCUT2D eigenvalue weighted by molar-refractivity contribution is -0.121. The van der Waals surface area contributed by atoms with Crippen LogP contribution in [-0.2, 0) is 4.79 Å². The summed E-state index contributed by atoms with van der Waals surface area (Å²) in [5, 5.41) is 2.98. The van der Waals surface area contributed by atoms with Crippen LogP contribution in [0.3, 0.4) is 0 Å². The molecule has 1 fully saturated rings. The molecule has 0 spiro atoms. The highest BCUT2D eigenvalue weighted by molar-refractivity contribution is 5.85. The molecule has 1 atom stereocenters. The second kappa shape index (κ2) is 13.3. The van der Waals surface area contributed by atoms with Gasteiger partial charge in [0.25, 0.3) is 0 Å². The number of amides is 1. The van der Waals surface area contributed by atoms with Gasteiger partial charge in [0, 0.05) is 51.7 Å². The second-order valence-electron chi connectivity index (χ2n) is 7.26. The van der Waals surface area contributed by atoms with Crippen LogP contribution >= 0.6 is 24.8 Å². The Morgan fingerprint density at radius 2 is 1.56 bits per heavy atom. The van der Waals surface area contributed by atoms with Crippen LogP contribution in [0.1, 0.15) is 50.3 Å². The maximum absolute atomic E-state index is 12.1. The summed E-state index contributed by atoms with van der Waals surface area (Å²) in [6.07, 6.45) is 0.547. The molecule has 1 aliphatic heterocycles. The molecule has 1 saturated heterocycles. The van der Waals surface area contributed by atoms with E-state index in [9.17, 15) is 4.79 Å². The zero-order chi connectivity index (χ0) is 18.2. The van der Waals surface area contributed by atoms with Crippen molar-refractivity contribution < 1.29 is 4.79 Å². The predicted octanol–water partition coefficient (Wildman–Crippen LogP) is 2.80. The van der Waals surface area contributed by atoms with Crippen molar-refractivity contribution in [2.24, 2.45) is 5.73 Å². The highest BCUT2D eigenvalue weighted by Crippen LogP contribution is 2.17. The predicted molar refractivity (Wildman–Crippen MR) is 118 cm³/mol. The summed E-state index contributed by atoms with van der Waals surface area (Å²) in [7, 11) is 0. The first-order valence-corrected chi connectivity index (χ1v) is 9.56. The van der Waals surface area contributed by atoms with Gasteiger partial charge in [0.1, 0.15) is 0 Å². The van der Waals surface area contributed by atoms with E-state index in [1.54, 1.807) is 0 Å². The van der Waals surface area contributed by atoms with E-state index in [4.69, 9.17) is 5.73 Å². The first-order valence-electron chi connectivity index (χ1n) is 9.56. The third kappa shape index (κ3) is 8.79. The smallest absolute Gasteiger partial charge is 0.221 e. The quantitative estimate of drug-likeness (QED) is 0.680. The Bertz CT molecular complexity index is 531. The molecule has 5 nitrogen and oxygen atoms in total. The van der Waals surface area contributed by atoms with Gasteiger partial charge in [-0.05, 0) is 23.6 Å². The molecule has 0 radical (unpaired) electrons. The summed E-state index contributed by atoms with van der Waals surface area (Å²) < 4.78 is 0. The lowest BCUT2D eigenvalue weighted by atomic mass is 9.99. The lowest BCUT2D eigenvalue weighted by Gasteiger charge is -2.33. The Morgan fingerprint density at radius 3 is 2.07 bits per heavy atom. The number of benzene rings is 1. The molecule has 1 aromatic carbocycles. The lowest BCUT2D eigenvalue weighted by Crippen LogP contribution is -2.47. The molecule has 0 bridgehead atoms. The monoisotopic (exact) mass is 418 g/mol. The van der Waals surface area contributed by atoms with E-state index >= 15 is 0 Å². The summed E-state index contributed by atoms with van der Waals surface area (Å²) >= 11 is 0. The number of halogens is 2. The third-order valence-corrected chi connectivity index (χ3v) is 5.12. The van der Waals surface area contributed by atoms with Crippen LogP contribution in [0, 0.1) is 0 Å². The van der Waals surface area contributed by atoms with Crippen LogP contribution in [0.5, 0.6) is 0 Å². The SMILES string of the molecule is CCN1CCN(CCC(=O)NCC(N)c2ccc(C(C)C)cc2)CC1.Cl.Cl. The van der Waals surface area contributed by atoms with Gasteiger partial charge in [-0.2, -0.15) is 0 Å². The van der Waals surface area contributed by atoms with Crippen LogP contribution in [-0.4, -0.2) is 61.5 Å². The minimum absolute atomic E-state index is 0. The van der Waals surface area contributed by atoms with Gasteiger partial charge in [-0.25, -0.2) is 0 Å². The molecular formula is C20H36Cl2N4O. The number of hydrogen-bond donors (Lipinski definition) is 2. The van der Waals surface area contributed by atoms with Gasteiger partial charge >= 0.3 is 0 Å². The number of nitrogens with two attached hydrogens (primary N) is 1. The molecule has 0 saturated carbocycles. The molecule has 2 rings (SSSR count). The second-order valence-corrected chi connectivity index (χ2v) is 7.26. The highest BCUT2D eigenvalue weighted by atomic mass is 35.5. The highest BCUT2D eigenvalue weighted by Gasteiger charge is 2.16. The molecule has 156 valence electrons. The Labute approximate surface area is 176 Å². The summed E-state index contributed by atoms with van der Waals surface area (Å²) in [4.78, 5) is 16.9. The average molecular weight is 419 g/mol. The van der Waals surface area contributed by atoms with Crippen molar-refractivity contribution in [2.45, 2.75) is 39.2 Å². The van der Waals surface area contributed by atoms with Gasteiger partial charge in [-0.3, -0.25) is 4.79 Å². The average Bonchev–Trinajstić information content (AvgIpc) is 2.64. The maximum Gasteiger partial charge on any atom is 0.221 e. The van der Waals surface area contributed by atoms with Crippen LogP contribution in [0.15, 0.2) is 24.3 Å². The first-order chi connectivity index (χ1) is 12.0. The minimum atomic E-state index is -0.154. The van der Waals surface area contributed by atoms with E-state index in [1.165, 1.54) is 5.56 Å². The van der Waals surface area contributed by atoms with Crippen molar-refractivity contribution in [3.05, 3.63) is 35.4 Å². The number of piperazine rings is 1. The number of carbonyl (C=O) groups is 1. The Kier molecular flexibility index (Phi) is 12.9. The molecule has 1 unspecified atom stereocenters. The summed E-state index contributed by atoms with van der Waals surface area (Å²) in [6, 6.07) is 8.23. The molecular weight excluding hydrogens is 383 g/mol. The largest absolute Gasteiger partial charge is 0.354 e. The van der Waals surface area contributed by atoms with Crippen molar-refractivity contribution in [3.63, 3.8) is 0 Å². The fourth-order valence-corrected chi connectivity index (χ4v) is 3.15. The molecule has 7 heteroatoms. The van der Waals surface area contributed by atoms with Crippen LogP contribution in [0.25, 0.3) is 0 Å². The Balaban J connectivity index is 0.00000338. The van der Waals surface area contributed by atoms with Crippen molar-refractivity contribution >= 4 is 30.7 Å². The standard InChI is InChI=1S/C20H34N4O.2ClH/c1-4-23-11-13-24(14-12-23)10-9-20(25)22-15-19(21)18-7-5-17(6-8-18)16(2)3;;/h5-8,16,19H,4,9-15,21H2,1-3H3,(H,22,25);2*1H. The van der Waals surface area contributed by atoms with Crippen molar-refractivity contribution in [2.75, 3.05) is 45.8 Å². The number of nitrogens with one attached hydrogen (secondary N) is 1. The summed E-state index contributed by atoms with van der Waals surface area (Å²) in [5.74, 6) is 0.608. The molecule has 1 aliphatic rings. The fourth-order valence-electron chi connectivity index (χ4n) is 3.15. The van der Waals surface area contributed by atoms with Gasteiger partial charge in [-0.1, -0.05) is 45.0 Å². The van der Waals surface area contributed by atoms with Gasteiger partial charge in [-0.15, -0.1) is 24.8 Å². The fraction of sp³-hybridized carbons (Fsp3) is 0.650. The normalized spacial score (nSPS) is 16.3. The van der Waals surface area contributed by atoms with E-state index in [1.807, 2.05) is 0 Å². The molecule has 1 heterocycles. The van der Waals surface area contributed by atoms with Crippen molar-refractivity contribution in [1.29, 1.82) is 0 Å². The number of carbonyl (C=O) groups excluding carboxylic acids is 1. The van der Waals surface area contributed by atoms with Gasteiger partial charge < -0.3 is 20.9 Å². The van der Waals surface area contributed by atoms with E-state index in [2.05, 4.69) is 60.2 Å². The minimum Gasteiger partial charge on any atom is -0.354 e. The topological polar surface area (TPSA) is 61.6 Å². The molecule has 0 aliphatic carbocycles. The van der Waals surface area contributed by atoms with Crippen molar-refractivity contribution in [3.8, 4) is 0 Å². The summed E-state index contributed by atoms with van der Waals surface area (Å²) in [6.45, 7) is 13.3.